The Balaban J connectivity index is 1.49. The fraction of sp³-hybridized carbons (Fsp3) is 0.650. The maximum atomic E-state index is 12.4. The Morgan fingerprint density at radius 1 is 1.20 bits per heavy atom. The van der Waals surface area contributed by atoms with Crippen LogP contribution in [0.25, 0.3) is 0 Å². The number of amides is 1. The molecule has 1 atom stereocenters. The highest BCUT2D eigenvalue weighted by atomic mass is 16.5. The van der Waals surface area contributed by atoms with E-state index in [-0.39, 0.29) is 11.8 Å². The molecule has 2 heterocycles. The monoisotopic (exact) mass is 345 g/mol. The van der Waals surface area contributed by atoms with Crippen molar-refractivity contribution in [1.29, 1.82) is 0 Å². The van der Waals surface area contributed by atoms with E-state index in [9.17, 15) is 4.79 Å². The van der Waals surface area contributed by atoms with Crippen LogP contribution in [0.2, 0.25) is 0 Å². The molecule has 0 saturated carbocycles. The molecule has 5 heteroatoms. The minimum Gasteiger partial charge on any atom is -0.381 e. The van der Waals surface area contributed by atoms with E-state index in [0.717, 1.165) is 31.0 Å². The number of likely N-dealkylation sites (tertiary alicyclic amines) is 1. The fourth-order valence-corrected chi connectivity index (χ4v) is 3.69. The second-order valence-electron chi connectivity index (χ2n) is 7.62. The Bertz CT molecular complexity index is 547. The first kappa shape index (κ1) is 18.4. The summed E-state index contributed by atoms with van der Waals surface area (Å²) in [7, 11) is 0. The van der Waals surface area contributed by atoms with Crippen LogP contribution < -0.4 is 11.1 Å². The van der Waals surface area contributed by atoms with Gasteiger partial charge in [-0.1, -0.05) is 19.1 Å². The van der Waals surface area contributed by atoms with Gasteiger partial charge < -0.3 is 15.8 Å². The van der Waals surface area contributed by atoms with Gasteiger partial charge in [-0.25, -0.2) is 0 Å². The predicted molar refractivity (Wildman–Crippen MR) is 100 cm³/mol. The molecule has 0 spiro atoms. The molecular formula is C20H31N3O2. The number of nitrogens with one attached hydrogen (secondary N) is 1. The number of nitrogens with zero attached hydrogens (tertiary/aromatic N) is 1. The van der Waals surface area contributed by atoms with Crippen molar-refractivity contribution in [2.24, 2.45) is 17.6 Å². The van der Waals surface area contributed by atoms with Gasteiger partial charge in [-0.2, -0.15) is 0 Å². The molecule has 3 rings (SSSR count). The second kappa shape index (κ2) is 8.79. The van der Waals surface area contributed by atoms with Crippen molar-refractivity contribution in [3.05, 3.63) is 29.8 Å². The second-order valence-corrected chi connectivity index (χ2v) is 7.62. The molecule has 138 valence electrons. The van der Waals surface area contributed by atoms with Gasteiger partial charge in [0.2, 0.25) is 5.91 Å². The highest BCUT2D eigenvalue weighted by Gasteiger charge is 2.26. The van der Waals surface area contributed by atoms with Crippen LogP contribution in [-0.4, -0.2) is 43.2 Å². The van der Waals surface area contributed by atoms with Crippen molar-refractivity contribution in [3.63, 3.8) is 0 Å². The SMILES string of the molecule is CC1CCN(Cc2ccc(NC(=O)C(N)C3CCOCC3)cc2)CC1. The van der Waals surface area contributed by atoms with Crippen molar-refractivity contribution in [2.45, 2.75) is 45.2 Å². The van der Waals surface area contributed by atoms with Gasteiger partial charge in [-0.15, -0.1) is 0 Å². The molecule has 2 fully saturated rings. The normalized spacial score (nSPS) is 21.8. The number of carbonyl (C=O) groups is 1. The number of anilines is 1. The van der Waals surface area contributed by atoms with E-state index in [1.54, 1.807) is 0 Å². The molecule has 0 radical (unpaired) electrons. The third-order valence-electron chi connectivity index (χ3n) is 5.58. The zero-order chi connectivity index (χ0) is 17.6. The van der Waals surface area contributed by atoms with E-state index in [1.165, 1.54) is 31.5 Å². The summed E-state index contributed by atoms with van der Waals surface area (Å²) in [4.78, 5) is 14.9. The average molecular weight is 345 g/mol. The summed E-state index contributed by atoms with van der Waals surface area (Å²) in [6, 6.07) is 7.72. The molecule has 2 aliphatic heterocycles. The van der Waals surface area contributed by atoms with Crippen molar-refractivity contribution in [3.8, 4) is 0 Å². The molecule has 1 aromatic carbocycles. The average Bonchev–Trinajstić information content (AvgIpc) is 2.65. The first-order chi connectivity index (χ1) is 12.1. The molecule has 0 bridgehead atoms. The van der Waals surface area contributed by atoms with Crippen LogP contribution in [-0.2, 0) is 16.1 Å². The van der Waals surface area contributed by atoms with Gasteiger partial charge in [0.05, 0.1) is 6.04 Å². The quantitative estimate of drug-likeness (QED) is 0.861. The van der Waals surface area contributed by atoms with Crippen LogP contribution in [0, 0.1) is 11.8 Å². The highest BCUT2D eigenvalue weighted by molar-refractivity contribution is 5.94. The van der Waals surface area contributed by atoms with Gasteiger partial charge in [0.15, 0.2) is 0 Å². The number of benzene rings is 1. The summed E-state index contributed by atoms with van der Waals surface area (Å²) in [6.07, 6.45) is 4.31. The third-order valence-corrected chi connectivity index (χ3v) is 5.58. The van der Waals surface area contributed by atoms with Crippen LogP contribution in [0.15, 0.2) is 24.3 Å². The lowest BCUT2D eigenvalue weighted by Gasteiger charge is -2.30. The summed E-state index contributed by atoms with van der Waals surface area (Å²) in [5.74, 6) is 0.980. The largest absolute Gasteiger partial charge is 0.381 e. The zero-order valence-corrected chi connectivity index (χ0v) is 15.2. The van der Waals surface area contributed by atoms with Gasteiger partial charge in [-0.05, 0) is 68.3 Å². The minimum atomic E-state index is -0.459. The Labute approximate surface area is 150 Å². The minimum absolute atomic E-state index is 0.0929. The van der Waals surface area contributed by atoms with E-state index in [1.807, 2.05) is 12.1 Å². The number of ether oxygens (including phenoxy) is 1. The Morgan fingerprint density at radius 2 is 1.84 bits per heavy atom. The molecule has 1 aromatic rings. The molecule has 0 aliphatic carbocycles. The zero-order valence-electron chi connectivity index (χ0n) is 15.2. The van der Waals surface area contributed by atoms with E-state index < -0.39 is 6.04 Å². The number of hydrogen-bond acceptors (Lipinski definition) is 4. The van der Waals surface area contributed by atoms with Crippen molar-refractivity contribution in [2.75, 3.05) is 31.6 Å². The molecular weight excluding hydrogens is 314 g/mol. The Kier molecular flexibility index (Phi) is 6.45. The molecule has 1 amide bonds. The lowest BCUT2D eigenvalue weighted by atomic mass is 9.92. The maximum absolute atomic E-state index is 12.4. The third kappa shape index (κ3) is 5.27. The van der Waals surface area contributed by atoms with E-state index in [2.05, 4.69) is 29.3 Å². The number of nitrogens with two attached hydrogens (primary N) is 1. The number of hydrogen-bond donors (Lipinski definition) is 2. The van der Waals surface area contributed by atoms with Crippen LogP contribution in [0.3, 0.4) is 0 Å². The van der Waals surface area contributed by atoms with E-state index >= 15 is 0 Å². The molecule has 2 saturated heterocycles. The summed E-state index contributed by atoms with van der Waals surface area (Å²) < 4.78 is 5.34. The molecule has 1 unspecified atom stereocenters. The number of rotatable bonds is 5. The van der Waals surface area contributed by atoms with Crippen LogP contribution >= 0.6 is 0 Å². The van der Waals surface area contributed by atoms with Crippen LogP contribution in [0.4, 0.5) is 5.69 Å². The van der Waals surface area contributed by atoms with Gasteiger partial charge in [0.1, 0.15) is 0 Å². The summed E-state index contributed by atoms with van der Waals surface area (Å²) in [5, 5.41) is 2.96. The fourth-order valence-electron chi connectivity index (χ4n) is 3.69. The van der Waals surface area contributed by atoms with E-state index in [0.29, 0.717) is 13.2 Å². The van der Waals surface area contributed by atoms with Crippen molar-refractivity contribution >= 4 is 11.6 Å². The van der Waals surface area contributed by atoms with Gasteiger partial charge in [0, 0.05) is 25.4 Å². The number of piperidine rings is 1. The smallest absolute Gasteiger partial charge is 0.241 e. The van der Waals surface area contributed by atoms with Crippen molar-refractivity contribution < 1.29 is 9.53 Å². The van der Waals surface area contributed by atoms with Gasteiger partial charge >= 0.3 is 0 Å². The highest BCUT2D eigenvalue weighted by Crippen LogP contribution is 2.21. The van der Waals surface area contributed by atoms with Gasteiger partial charge in [-0.3, -0.25) is 9.69 Å². The molecule has 25 heavy (non-hydrogen) atoms. The lowest BCUT2D eigenvalue weighted by molar-refractivity contribution is -0.119. The maximum Gasteiger partial charge on any atom is 0.241 e. The molecule has 0 aromatic heterocycles. The Morgan fingerprint density at radius 3 is 2.48 bits per heavy atom. The first-order valence-corrected chi connectivity index (χ1v) is 9.57. The molecule has 5 nitrogen and oxygen atoms in total. The first-order valence-electron chi connectivity index (χ1n) is 9.57. The molecule has 2 aliphatic rings. The Hall–Kier alpha value is -1.43. The van der Waals surface area contributed by atoms with Crippen LogP contribution in [0.1, 0.15) is 38.2 Å². The van der Waals surface area contributed by atoms with Crippen LogP contribution in [0.5, 0.6) is 0 Å². The van der Waals surface area contributed by atoms with E-state index in [4.69, 9.17) is 10.5 Å². The molecule has 3 N–H and O–H groups in total. The van der Waals surface area contributed by atoms with Gasteiger partial charge in [0.25, 0.3) is 0 Å². The summed E-state index contributed by atoms with van der Waals surface area (Å²) in [5.41, 5.74) is 8.25. The summed E-state index contributed by atoms with van der Waals surface area (Å²) >= 11 is 0. The van der Waals surface area contributed by atoms with Crippen molar-refractivity contribution in [1.82, 2.24) is 4.90 Å². The lowest BCUT2D eigenvalue weighted by Crippen LogP contribution is -2.44. The summed E-state index contributed by atoms with van der Waals surface area (Å²) in [6.45, 7) is 7.09. The topological polar surface area (TPSA) is 67.6 Å². The number of carbonyl (C=O) groups excluding carboxylic acids is 1. The standard InChI is InChI=1S/C20H31N3O2/c1-15-6-10-23(11-7-15)14-16-2-4-18(5-3-16)22-20(24)19(21)17-8-12-25-13-9-17/h2-5,15,17,19H,6-14,21H2,1H3,(H,22,24). The predicted octanol–water partition coefficient (Wildman–Crippen LogP) is 2.61.